The van der Waals surface area contributed by atoms with Gasteiger partial charge in [-0.2, -0.15) is 0 Å². The summed E-state index contributed by atoms with van der Waals surface area (Å²) < 4.78 is 24.5. The van der Waals surface area contributed by atoms with Gasteiger partial charge in [0.25, 0.3) is 0 Å². The fourth-order valence-electron chi connectivity index (χ4n) is 3.53. The highest BCUT2D eigenvalue weighted by Crippen LogP contribution is 2.37. The lowest BCUT2D eigenvalue weighted by Crippen LogP contribution is -2.47. The van der Waals surface area contributed by atoms with Gasteiger partial charge < -0.3 is 10.2 Å². The van der Waals surface area contributed by atoms with Gasteiger partial charge in [0.15, 0.2) is 9.84 Å². The number of piperidine rings is 1. The highest BCUT2D eigenvalue weighted by molar-refractivity contribution is 7.91. The van der Waals surface area contributed by atoms with Crippen molar-refractivity contribution in [2.45, 2.75) is 30.6 Å². The predicted molar refractivity (Wildman–Crippen MR) is 89.0 cm³/mol. The molecule has 1 spiro atoms. The van der Waals surface area contributed by atoms with Crippen molar-refractivity contribution in [3.8, 4) is 0 Å². The average molecular weight is 350 g/mol. The number of nitrogens with one attached hydrogen (secondary N) is 1. The Bertz CT molecular complexity index is 732. The van der Waals surface area contributed by atoms with Crippen molar-refractivity contribution in [2.75, 3.05) is 25.4 Å². The first-order chi connectivity index (χ1) is 11.4. The van der Waals surface area contributed by atoms with E-state index in [0.717, 1.165) is 12.8 Å². The normalized spacial score (nSPS) is 24.2. The summed E-state index contributed by atoms with van der Waals surface area (Å²) in [6.07, 6.45) is 2.34. The maximum atomic E-state index is 12.4. The van der Waals surface area contributed by atoms with Gasteiger partial charge >= 0.3 is 0 Å². The Hall–Kier alpha value is -1.89. The topological polar surface area (TPSA) is 83.6 Å². The third-order valence-electron chi connectivity index (χ3n) is 4.99. The van der Waals surface area contributed by atoms with Crippen LogP contribution in [-0.2, 0) is 19.4 Å². The molecule has 6 nitrogen and oxygen atoms in total. The van der Waals surface area contributed by atoms with Gasteiger partial charge in [-0.15, -0.1) is 0 Å². The van der Waals surface area contributed by atoms with Gasteiger partial charge in [-0.3, -0.25) is 9.59 Å². The molecule has 0 bridgehead atoms. The number of hydrogen-bond donors (Lipinski definition) is 1. The zero-order chi connectivity index (χ0) is 17.2. The first-order valence-electron chi connectivity index (χ1n) is 8.27. The molecule has 24 heavy (non-hydrogen) atoms. The van der Waals surface area contributed by atoms with Gasteiger partial charge in [0.05, 0.1) is 16.1 Å². The quantitative estimate of drug-likeness (QED) is 0.877. The van der Waals surface area contributed by atoms with Crippen LogP contribution in [0.25, 0.3) is 0 Å². The van der Waals surface area contributed by atoms with E-state index in [0.29, 0.717) is 26.1 Å². The van der Waals surface area contributed by atoms with Crippen LogP contribution in [0.4, 0.5) is 0 Å². The first kappa shape index (κ1) is 17.0. The molecule has 0 radical (unpaired) electrons. The number of benzene rings is 1. The molecule has 2 saturated heterocycles. The number of likely N-dealkylation sites (tertiary alicyclic amines) is 1. The minimum atomic E-state index is -3.46. The van der Waals surface area contributed by atoms with Crippen LogP contribution in [0, 0.1) is 5.41 Å². The summed E-state index contributed by atoms with van der Waals surface area (Å²) in [6.45, 7) is 1.63. The second-order valence-electron chi connectivity index (χ2n) is 6.59. The molecule has 0 aromatic heterocycles. The van der Waals surface area contributed by atoms with Crippen LogP contribution in [0.3, 0.4) is 0 Å². The summed E-state index contributed by atoms with van der Waals surface area (Å²) >= 11 is 0. The Morgan fingerprint density at radius 3 is 2.67 bits per heavy atom. The van der Waals surface area contributed by atoms with Crippen LogP contribution in [0.15, 0.2) is 35.2 Å². The molecular formula is C17H22N2O4S. The Morgan fingerprint density at radius 2 is 1.96 bits per heavy atom. The van der Waals surface area contributed by atoms with E-state index in [1.165, 1.54) is 12.1 Å². The second kappa shape index (κ2) is 6.55. The molecule has 2 aliphatic rings. The molecule has 2 fully saturated rings. The molecule has 1 aromatic carbocycles. The van der Waals surface area contributed by atoms with E-state index in [2.05, 4.69) is 5.32 Å². The monoisotopic (exact) mass is 350 g/mol. The minimum absolute atomic E-state index is 0.0287. The third-order valence-corrected chi connectivity index (χ3v) is 6.72. The maximum absolute atomic E-state index is 12.4. The van der Waals surface area contributed by atoms with Crippen molar-refractivity contribution in [2.24, 2.45) is 5.41 Å². The number of amides is 2. The van der Waals surface area contributed by atoms with Gasteiger partial charge in [-0.25, -0.2) is 8.42 Å². The van der Waals surface area contributed by atoms with Crippen molar-refractivity contribution in [3.05, 3.63) is 30.3 Å². The fourth-order valence-corrected chi connectivity index (χ4v) is 4.78. The number of sulfone groups is 1. The van der Waals surface area contributed by atoms with Gasteiger partial charge in [-0.1, -0.05) is 18.2 Å². The van der Waals surface area contributed by atoms with Gasteiger partial charge in [0, 0.05) is 26.1 Å². The lowest BCUT2D eigenvalue weighted by molar-refractivity contribution is -0.134. The first-order valence-corrected chi connectivity index (χ1v) is 9.92. The van der Waals surface area contributed by atoms with Crippen LogP contribution in [0.5, 0.6) is 0 Å². The predicted octanol–water partition coefficient (Wildman–Crippen LogP) is 0.979. The van der Waals surface area contributed by atoms with Crippen LogP contribution >= 0.6 is 0 Å². The fraction of sp³-hybridized carbons (Fsp3) is 0.529. The number of hydrogen-bond acceptors (Lipinski definition) is 4. The molecule has 2 heterocycles. The molecule has 0 aliphatic carbocycles. The number of rotatable bonds is 4. The summed E-state index contributed by atoms with van der Waals surface area (Å²) in [4.78, 5) is 26.4. The van der Waals surface area contributed by atoms with E-state index in [9.17, 15) is 18.0 Å². The summed E-state index contributed by atoms with van der Waals surface area (Å²) in [5, 5.41) is 2.88. The van der Waals surface area contributed by atoms with E-state index < -0.39 is 15.3 Å². The van der Waals surface area contributed by atoms with E-state index in [1.54, 1.807) is 23.1 Å². The molecule has 3 rings (SSSR count). The summed E-state index contributed by atoms with van der Waals surface area (Å²) in [5.74, 6) is -0.364. The van der Waals surface area contributed by atoms with Crippen molar-refractivity contribution >= 4 is 21.7 Å². The zero-order valence-electron chi connectivity index (χ0n) is 13.5. The zero-order valence-corrected chi connectivity index (χ0v) is 14.3. The Balaban J connectivity index is 1.59. The van der Waals surface area contributed by atoms with Crippen LogP contribution in [0.2, 0.25) is 0 Å². The van der Waals surface area contributed by atoms with Crippen molar-refractivity contribution in [1.29, 1.82) is 0 Å². The summed E-state index contributed by atoms with van der Waals surface area (Å²) in [7, 11) is -3.46. The van der Waals surface area contributed by atoms with E-state index in [4.69, 9.17) is 0 Å². The number of nitrogens with zero attached hydrogens (tertiary/aromatic N) is 1. The standard InChI is InChI=1S/C17H22N2O4S/c20-15(7-12-24(22,23)14-5-2-1-3-6-14)19-11-9-17(13-19)8-4-10-18-16(17)21/h1-3,5-6H,4,7-13H2,(H,18,21). The van der Waals surface area contributed by atoms with E-state index in [-0.39, 0.29) is 28.9 Å². The molecule has 2 aliphatic heterocycles. The minimum Gasteiger partial charge on any atom is -0.356 e. The summed E-state index contributed by atoms with van der Waals surface area (Å²) in [5.41, 5.74) is -0.466. The van der Waals surface area contributed by atoms with Gasteiger partial charge in [0.2, 0.25) is 11.8 Å². The number of carbonyl (C=O) groups is 2. The van der Waals surface area contributed by atoms with Gasteiger partial charge in [-0.05, 0) is 31.4 Å². The Morgan fingerprint density at radius 1 is 1.21 bits per heavy atom. The van der Waals surface area contributed by atoms with E-state index >= 15 is 0 Å². The Labute approximate surface area is 142 Å². The highest BCUT2D eigenvalue weighted by Gasteiger charge is 2.46. The molecule has 1 N–H and O–H groups in total. The smallest absolute Gasteiger partial charge is 0.228 e. The van der Waals surface area contributed by atoms with Gasteiger partial charge in [0.1, 0.15) is 0 Å². The molecule has 7 heteroatoms. The largest absolute Gasteiger partial charge is 0.356 e. The number of carbonyl (C=O) groups excluding carboxylic acids is 2. The SMILES string of the molecule is O=C(CCS(=O)(=O)c1ccccc1)N1CCC2(CCCNC2=O)C1. The lowest BCUT2D eigenvalue weighted by atomic mass is 9.79. The van der Waals surface area contributed by atoms with Crippen molar-refractivity contribution in [1.82, 2.24) is 10.2 Å². The molecule has 130 valence electrons. The summed E-state index contributed by atoms with van der Waals surface area (Å²) in [6, 6.07) is 8.17. The molecule has 1 unspecified atom stereocenters. The average Bonchev–Trinajstić information content (AvgIpc) is 3.02. The van der Waals surface area contributed by atoms with Crippen molar-refractivity contribution in [3.63, 3.8) is 0 Å². The molecule has 1 aromatic rings. The van der Waals surface area contributed by atoms with E-state index in [1.807, 2.05) is 0 Å². The third kappa shape index (κ3) is 3.31. The maximum Gasteiger partial charge on any atom is 0.228 e. The molecule has 2 amide bonds. The second-order valence-corrected chi connectivity index (χ2v) is 8.70. The van der Waals surface area contributed by atoms with Crippen LogP contribution in [-0.4, -0.2) is 50.5 Å². The molecule has 0 saturated carbocycles. The lowest BCUT2D eigenvalue weighted by Gasteiger charge is -2.32. The van der Waals surface area contributed by atoms with Crippen LogP contribution < -0.4 is 5.32 Å². The van der Waals surface area contributed by atoms with Crippen LogP contribution in [0.1, 0.15) is 25.7 Å². The molecular weight excluding hydrogens is 328 g/mol. The molecule has 1 atom stereocenters. The van der Waals surface area contributed by atoms with Crippen molar-refractivity contribution < 1.29 is 18.0 Å². The highest BCUT2D eigenvalue weighted by atomic mass is 32.2. The Kier molecular flexibility index (Phi) is 4.62.